The van der Waals surface area contributed by atoms with Gasteiger partial charge in [-0.05, 0) is 19.3 Å². The molecule has 3 heteroatoms. The zero-order valence-electron chi connectivity index (χ0n) is 10.5. The van der Waals surface area contributed by atoms with Crippen molar-refractivity contribution in [2.75, 3.05) is 19.6 Å². The molecule has 0 aliphatic rings. The van der Waals surface area contributed by atoms with Gasteiger partial charge in [-0.15, -0.1) is 0 Å². The Morgan fingerprint density at radius 1 is 1.00 bits per heavy atom. The molecular formula is C12H26N2O. The number of rotatable bonds is 8. The number of nitrogens with zero attached hydrogens (tertiary/aromatic N) is 1. The molecule has 0 aromatic heterocycles. The van der Waals surface area contributed by atoms with Gasteiger partial charge in [-0.25, -0.2) is 4.79 Å². The van der Waals surface area contributed by atoms with Gasteiger partial charge < -0.3 is 10.2 Å². The Bertz CT molecular complexity index is 152. The first-order chi connectivity index (χ1) is 7.26. The van der Waals surface area contributed by atoms with Crippen molar-refractivity contribution in [2.45, 2.75) is 52.9 Å². The highest BCUT2D eigenvalue weighted by Crippen LogP contribution is 1.99. The van der Waals surface area contributed by atoms with Crippen molar-refractivity contribution in [3.63, 3.8) is 0 Å². The van der Waals surface area contributed by atoms with Crippen LogP contribution in [0.2, 0.25) is 0 Å². The van der Waals surface area contributed by atoms with Crippen LogP contribution < -0.4 is 5.32 Å². The van der Waals surface area contributed by atoms with E-state index < -0.39 is 0 Å². The summed E-state index contributed by atoms with van der Waals surface area (Å²) < 4.78 is 0. The number of hydrogen-bond acceptors (Lipinski definition) is 1. The third-order valence-electron chi connectivity index (χ3n) is 2.38. The van der Waals surface area contributed by atoms with Gasteiger partial charge in [-0.2, -0.15) is 0 Å². The molecule has 0 atom stereocenters. The monoisotopic (exact) mass is 214 g/mol. The topological polar surface area (TPSA) is 32.3 Å². The Morgan fingerprint density at radius 3 is 1.93 bits per heavy atom. The lowest BCUT2D eigenvalue weighted by Crippen LogP contribution is -2.41. The number of hydrogen-bond donors (Lipinski definition) is 1. The van der Waals surface area contributed by atoms with Crippen LogP contribution in [0.15, 0.2) is 0 Å². The second-order valence-corrected chi connectivity index (χ2v) is 3.93. The summed E-state index contributed by atoms with van der Waals surface area (Å²) in [4.78, 5) is 13.7. The van der Waals surface area contributed by atoms with Crippen LogP contribution in [0.1, 0.15) is 52.9 Å². The van der Waals surface area contributed by atoms with Crippen molar-refractivity contribution in [3.8, 4) is 0 Å². The Morgan fingerprint density at radius 2 is 1.53 bits per heavy atom. The van der Waals surface area contributed by atoms with Gasteiger partial charge in [-0.3, -0.25) is 0 Å². The molecule has 0 rings (SSSR count). The lowest BCUT2D eigenvalue weighted by molar-refractivity contribution is 0.196. The summed E-state index contributed by atoms with van der Waals surface area (Å²) in [5, 5.41) is 2.94. The Balaban J connectivity index is 3.90. The number of nitrogens with one attached hydrogen (secondary N) is 1. The van der Waals surface area contributed by atoms with Crippen LogP contribution in [0.25, 0.3) is 0 Å². The number of carbonyl (C=O) groups is 1. The molecular weight excluding hydrogens is 188 g/mol. The highest BCUT2D eigenvalue weighted by Gasteiger charge is 2.10. The van der Waals surface area contributed by atoms with Crippen molar-refractivity contribution in [2.24, 2.45) is 0 Å². The van der Waals surface area contributed by atoms with E-state index in [4.69, 9.17) is 0 Å². The van der Waals surface area contributed by atoms with Gasteiger partial charge in [0.15, 0.2) is 0 Å². The van der Waals surface area contributed by atoms with Gasteiger partial charge in [0.25, 0.3) is 0 Å². The fourth-order valence-electron chi connectivity index (χ4n) is 1.36. The van der Waals surface area contributed by atoms with Crippen molar-refractivity contribution >= 4 is 6.03 Å². The van der Waals surface area contributed by atoms with Crippen LogP contribution in [-0.2, 0) is 0 Å². The second kappa shape index (κ2) is 9.81. The average molecular weight is 214 g/mol. The van der Waals surface area contributed by atoms with E-state index in [0.717, 1.165) is 51.7 Å². The van der Waals surface area contributed by atoms with E-state index in [9.17, 15) is 4.79 Å². The summed E-state index contributed by atoms with van der Waals surface area (Å²) in [7, 11) is 0. The van der Waals surface area contributed by atoms with E-state index in [1.807, 2.05) is 4.90 Å². The molecule has 1 N–H and O–H groups in total. The first-order valence-electron chi connectivity index (χ1n) is 6.29. The van der Waals surface area contributed by atoms with Gasteiger partial charge >= 0.3 is 6.03 Å². The van der Waals surface area contributed by atoms with Gasteiger partial charge in [0, 0.05) is 19.6 Å². The van der Waals surface area contributed by atoms with E-state index in [1.165, 1.54) is 0 Å². The maximum absolute atomic E-state index is 11.7. The Kier molecular flexibility index (Phi) is 9.33. The Hall–Kier alpha value is -0.730. The molecule has 0 aliphatic heterocycles. The van der Waals surface area contributed by atoms with Gasteiger partial charge in [0.1, 0.15) is 0 Å². The molecule has 0 aromatic rings. The molecule has 0 bridgehead atoms. The number of urea groups is 1. The fourth-order valence-corrected chi connectivity index (χ4v) is 1.36. The molecule has 90 valence electrons. The maximum atomic E-state index is 11.7. The molecule has 0 radical (unpaired) electrons. The highest BCUT2D eigenvalue weighted by molar-refractivity contribution is 5.74. The first-order valence-corrected chi connectivity index (χ1v) is 6.29. The summed E-state index contributed by atoms with van der Waals surface area (Å²) in [5.74, 6) is 0. The number of unbranched alkanes of at least 4 members (excludes halogenated alkanes) is 2. The summed E-state index contributed by atoms with van der Waals surface area (Å²) in [6.07, 6.45) is 5.49. The lowest BCUT2D eigenvalue weighted by atomic mass is 10.3. The molecule has 0 saturated carbocycles. The normalized spacial score (nSPS) is 10.1. The fraction of sp³-hybridized carbons (Fsp3) is 0.917. The largest absolute Gasteiger partial charge is 0.338 e. The number of carbonyl (C=O) groups excluding carboxylic acids is 1. The minimum Gasteiger partial charge on any atom is -0.338 e. The van der Waals surface area contributed by atoms with Gasteiger partial charge in [0.2, 0.25) is 0 Å². The predicted octanol–water partition coefficient (Wildman–Crippen LogP) is 3.01. The maximum Gasteiger partial charge on any atom is 0.317 e. The molecule has 15 heavy (non-hydrogen) atoms. The predicted molar refractivity (Wildman–Crippen MR) is 65.1 cm³/mol. The first kappa shape index (κ1) is 14.3. The van der Waals surface area contributed by atoms with Crippen molar-refractivity contribution < 1.29 is 4.79 Å². The minimum atomic E-state index is 0.110. The third-order valence-corrected chi connectivity index (χ3v) is 2.38. The van der Waals surface area contributed by atoms with Crippen molar-refractivity contribution in [1.29, 1.82) is 0 Å². The van der Waals surface area contributed by atoms with Crippen LogP contribution in [-0.4, -0.2) is 30.6 Å². The highest BCUT2D eigenvalue weighted by atomic mass is 16.2. The van der Waals surface area contributed by atoms with Crippen molar-refractivity contribution in [3.05, 3.63) is 0 Å². The molecule has 3 nitrogen and oxygen atoms in total. The molecule has 2 amide bonds. The van der Waals surface area contributed by atoms with E-state index in [-0.39, 0.29) is 6.03 Å². The third kappa shape index (κ3) is 7.23. The molecule has 0 aliphatic carbocycles. The molecule has 0 fully saturated rings. The average Bonchev–Trinajstić information content (AvgIpc) is 2.26. The summed E-state index contributed by atoms with van der Waals surface area (Å²) in [6.45, 7) is 8.96. The number of amides is 2. The molecule has 0 unspecified atom stereocenters. The molecule has 0 spiro atoms. The lowest BCUT2D eigenvalue weighted by Gasteiger charge is -2.22. The summed E-state index contributed by atoms with van der Waals surface area (Å²) >= 11 is 0. The van der Waals surface area contributed by atoms with Crippen molar-refractivity contribution in [1.82, 2.24) is 10.2 Å². The van der Waals surface area contributed by atoms with Gasteiger partial charge in [0.05, 0.1) is 0 Å². The second-order valence-electron chi connectivity index (χ2n) is 3.93. The summed E-state index contributed by atoms with van der Waals surface area (Å²) in [5.41, 5.74) is 0. The van der Waals surface area contributed by atoms with E-state index in [0.29, 0.717) is 0 Å². The minimum absolute atomic E-state index is 0.110. The zero-order valence-corrected chi connectivity index (χ0v) is 10.5. The van der Waals surface area contributed by atoms with Crippen LogP contribution >= 0.6 is 0 Å². The SMILES string of the molecule is CCCCN(CCCC)C(=O)NCCC. The van der Waals surface area contributed by atoms with Crippen LogP contribution in [0.4, 0.5) is 4.79 Å². The zero-order chi connectivity index (χ0) is 11.5. The quantitative estimate of drug-likeness (QED) is 0.662. The Labute approximate surface area is 94.2 Å². The van der Waals surface area contributed by atoms with E-state index in [2.05, 4.69) is 26.1 Å². The molecule has 0 heterocycles. The van der Waals surface area contributed by atoms with Crippen LogP contribution in [0.5, 0.6) is 0 Å². The van der Waals surface area contributed by atoms with Crippen LogP contribution in [0, 0.1) is 0 Å². The molecule has 0 aromatic carbocycles. The summed E-state index contributed by atoms with van der Waals surface area (Å²) in [6, 6.07) is 0.110. The van der Waals surface area contributed by atoms with Gasteiger partial charge in [-0.1, -0.05) is 33.6 Å². The van der Waals surface area contributed by atoms with Crippen LogP contribution in [0.3, 0.4) is 0 Å². The van der Waals surface area contributed by atoms with E-state index in [1.54, 1.807) is 0 Å². The standard InChI is InChI=1S/C12H26N2O/c1-4-7-10-14(11-8-5-2)12(15)13-9-6-3/h4-11H2,1-3H3,(H,13,15). The van der Waals surface area contributed by atoms with E-state index >= 15 is 0 Å². The smallest absolute Gasteiger partial charge is 0.317 e. The molecule has 0 saturated heterocycles.